The van der Waals surface area contributed by atoms with E-state index in [2.05, 4.69) is 35.9 Å². The van der Waals surface area contributed by atoms with Gasteiger partial charge in [-0.1, -0.05) is 13.8 Å². The van der Waals surface area contributed by atoms with E-state index in [9.17, 15) is 0 Å². The fourth-order valence-corrected chi connectivity index (χ4v) is 3.80. The zero-order chi connectivity index (χ0) is 11.4. The molecule has 16 heavy (non-hydrogen) atoms. The van der Waals surface area contributed by atoms with E-state index >= 15 is 0 Å². The smallest absolute Gasteiger partial charge is 0.0953 e. The molecule has 1 aromatic rings. The number of aromatic nitrogens is 1. The van der Waals surface area contributed by atoms with Gasteiger partial charge in [-0.2, -0.15) is 11.8 Å². The van der Waals surface area contributed by atoms with Crippen molar-refractivity contribution < 1.29 is 0 Å². The van der Waals surface area contributed by atoms with E-state index < -0.39 is 0 Å². The number of hydrogen-bond acceptors (Lipinski definition) is 4. The standard InChI is InChI=1S/C12H20N2S2/c1-9(2)12-14-7-11(16-12)6-13-10-4-3-5-15-8-10/h7,9-10,13H,3-6,8H2,1-2H3. The van der Waals surface area contributed by atoms with Gasteiger partial charge < -0.3 is 5.32 Å². The number of nitrogens with zero attached hydrogens (tertiary/aromatic N) is 1. The van der Waals surface area contributed by atoms with Crippen molar-refractivity contribution >= 4 is 23.1 Å². The Bertz CT molecular complexity index is 317. The summed E-state index contributed by atoms with van der Waals surface area (Å²) in [6.07, 6.45) is 4.73. The first-order valence-electron chi connectivity index (χ1n) is 6.01. The second kappa shape index (κ2) is 6.03. The number of nitrogens with one attached hydrogen (secondary N) is 1. The van der Waals surface area contributed by atoms with E-state index in [1.54, 1.807) is 0 Å². The third-order valence-electron chi connectivity index (χ3n) is 2.79. The average Bonchev–Trinajstić information content (AvgIpc) is 2.76. The molecule has 2 nitrogen and oxygen atoms in total. The van der Waals surface area contributed by atoms with E-state index in [4.69, 9.17) is 0 Å². The van der Waals surface area contributed by atoms with Gasteiger partial charge in [-0.3, -0.25) is 0 Å². The van der Waals surface area contributed by atoms with Crippen molar-refractivity contribution in [3.8, 4) is 0 Å². The van der Waals surface area contributed by atoms with E-state index in [0.717, 1.165) is 6.54 Å². The van der Waals surface area contributed by atoms with Crippen LogP contribution in [0.2, 0.25) is 0 Å². The number of rotatable bonds is 4. The molecule has 0 aromatic carbocycles. The summed E-state index contributed by atoms with van der Waals surface area (Å²) in [4.78, 5) is 5.83. The maximum absolute atomic E-state index is 4.45. The summed E-state index contributed by atoms with van der Waals surface area (Å²) in [5.41, 5.74) is 0. The van der Waals surface area contributed by atoms with Crippen LogP contribution in [0.3, 0.4) is 0 Å². The van der Waals surface area contributed by atoms with Gasteiger partial charge in [0.2, 0.25) is 0 Å². The van der Waals surface area contributed by atoms with Crippen LogP contribution in [0.15, 0.2) is 6.20 Å². The predicted molar refractivity (Wildman–Crippen MR) is 73.4 cm³/mol. The summed E-state index contributed by atoms with van der Waals surface area (Å²) in [5, 5.41) is 4.90. The largest absolute Gasteiger partial charge is 0.308 e. The molecule has 90 valence electrons. The van der Waals surface area contributed by atoms with Crippen LogP contribution in [-0.2, 0) is 6.54 Å². The van der Waals surface area contributed by atoms with Crippen LogP contribution in [-0.4, -0.2) is 22.5 Å². The minimum absolute atomic E-state index is 0.559. The molecule has 1 atom stereocenters. The van der Waals surface area contributed by atoms with Crippen LogP contribution < -0.4 is 5.32 Å². The Hall–Kier alpha value is -0.0600. The van der Waals surface area contributed by atoms with Gasteiger partial charge in [0, 0.05) is 35.3 Å². The Kier molecular flexibility index (Phi) is 4.67. The molecule has 0 spiro atoms. The highest BCUT2D eigenvalue weighted by molar-refractivity contribution is 7.99. The Morgan fingerprint density at radius 3 is 3.06 bits per heavy atom. The molecule has 1 saturated heterocycles. The first-order chi connectivity index (χ1) is 7.75. The van der Waals surface area contributed by atoms with Crippen molar-refractivity contribution in [2.24, 2.45) is 0 Å². The van der Waals surface area contributed by atoms with E-state index in [1.807, 2.05) is 17.5 Å². The molecule has 0 saturated carbocycles. The van der Waals surface area contributed by atoms with Crippen molar-refractivity contribution in [2.45, 2.75) is 45.2 Å². The summed E-state index contributed by atoms with van der Waals surface area (Å²) < 4.78 is 0. The Balaban J connectivity index is 1.79. The highest BCUT2D eigenvalue weighted by Gasteiger charge is 2.13. The molecule has 1 aromatic heterocycles. The fourth-order valence-electron chi connectivity index (χ4n) is 1.82. The lowest BCUT2D eigenvalue weighted by Crippen LogP contribution is -2.32. The van der Waals surface area contributed by atoms with Crippen molar-refractivity contribution in [2.75, 3.05) is 11.5 Å². The van der Waals surface area contributed by atoms with Gasteiger partial charge >= 0.3 is 0 Å². The molecule has 1 N–H and O–H groups in total. The van der Waals surface area contributed by atoms with Crippen molar-refractivity contribution in [3.05, 3.63) is 16.1 Å². The topological polar surface area (TPSA) is 24.9 Å². The van der Waals surface area contributed by atoms with Gasteiger partial charge in [-0.05, 0) is 18.6 Å². The highest BCUT2D eigenvalue weighted by atomic mass is 32.2. The SMILES string of the molecule is CC(C)c1ncc(CNC2CCCSC2)s1. The molecule has 0 amide bonds. The maximum Gasteiger partial charge on any atom is 0.0953 e. The third kappa shape index (κ3) is 3.47. The zero-order valence-corrected chi connectivity index (χ0v) is 11.7. The molecular formula is C12H20N2S2. The Morgan fingerprint density at radius 2 is 2.44 bits per heavy atom. The quantitative estimate of drug-likeness (QED) is 0.895. The molecule has 1 aliphatic heterocycles. The molecule has 4 heteroatoms. The van der Waals surface area contributed by atoms with E-state index in [1.165, 1.54) is 34.2 Å². The third-order valence-corrected chi connectivity index (χ3v) is 5.30. The monoisotopic (exact) mass is 256 g/mol. The molecule has 2 heterocycles. The van der Waals surface area contributed by atoms with Crippen LogP contribution in [0.25, 0.3) is 0 Å². The first kappa shape index (κ1) is 12.4. The summed E-state index contributed by atoms with van der Waals surface area (Å²) in [6, 6.07) is 0.711. The van der Waals surface area contributed by atoms with Crippen LogP contribution >= 0.6 is 23.1 Å². The minimum Gasteiger partial charge on any atom is -0.308 e. The summed E-state index contributed by atoms with van der Waals surface area (Å²) in [5.74, 6) is 3.18. The van der Waals surface area contributed by atoms with Gasteiger partial charge in [0.15, 0.2) is 0 Å². The Labute approximate surface area is 106 Å². The minimum atomic E-state index is 0.559. The summed E-state index contributed by atoms with van der Waals surface area (Å²) in [7, 11) is 0. The molecule has 0 bridgehead atoms. The van der Waals surface area contributed by atoms with Crippen molar-refractivity contribution in [1.82, 2.24) is 10.3 Å². The molecule has 1 unspecified atom stereocenters. The van der Waals surface area contributed by atoms with Gasteiger partial charge in [0.25, 0.3) is 0 Å². The summed E-state index contributed by atoms with van der Waals surface area (Å²) in [6.45, 7) is 5.40. The fraction of sp³-hybridized carbons (Fsp3) is 0.750. The molecule has 2 rings (SSSR count). The Morgan fingerprint density at radius 1 is 1.56 bits per heavy atom. The molecule has 0 radical (unpaired) electrons. The normalized spacial score (nSPS) is 21.6. The lowest BCUT2D eigenvalue weighted by atomic mass is 10.2. The first-order valence-corrected chi connectivity index (χ1v) is 7.98. The van der Waals surface area contributed by atoms with Crippen LogP contribution in [0.4, 0.5) is 0 Å². The van der Waals surface area contributed by atoms with Gasteiger partial charge in [-0.25, -0.2) is 4.98 Å². The summed E-state index contributed by atoms with van der Waals surface area (Å²) >= 11 is 3.92. The second-order valence-electron chi connectivity index (χ2n) is 4.61. The number of hydrogen-bond donors (Lipinski definition) is 1. The number of thioether (sulfide) groups is 1. The maximum atomic E-state index is 4.45. The van der Waals surface area contributed by atoms with Crippen LogP contribution in [0.1, 0.15) is 42.5 Å². The van der Waals surface area contributed by atoms with Crippen LogP contribution in [0.5, 0.6) is 0 Å². The molecule has 0 aliphatic carbocycles. The lowest BCUT2D eigenvalue weighted by Gasteiger charge is -2.22. The van der Waals surface area contributed by atoms with Gasteiger partial charge in [-0.15, -0.1) is 11.3 Å². The molecule has 1 fully saturated rings. The van der Waals surface area contributed by atoms with Crippen molar-refractivity contribution in [1.29, 1.82) is 0 Å². The molecular weight excluding hydrogens is 236 g/mol. The second-order valence-corrected chi connectivity index (χ2v) is 6.91. The number of thiazole rings is 1. The van der Waals surface area contributed by atoms with Gasteiger partial charge in [0.05, 0.1) is 5.01 Å². The van der Waals surface area contributed by atoms with Gasteiger partial charge in [0.1, 0.15) is 0 Å². The zero-order valence-electron chi connectivity index (χ0n) is 10.0. The van der Waals surface area contributed by atoms with E-state index in [0.29, 0.717) is 12.0 Å². The average molecular weight is 256 g/mol. The van der Waals surface area contributed by atoms with Crippen LogP contribution in [0, 0.1) is 0 Å². The van der Waals surface area contributed by atoms with Crippen molar-refractivity contribution in [3.63, 3.8) is 0 Å². The molecule has 1 aliphatic rings. The highest BCUT2D eigenvalue weighted by Crippen LogP contribution is 2.22. The lowest BCUT2D eigenvalue weighted by molar-refractivity contribution is 0.510. The van der Waals surface area contributed by atoms with E-state index in [-0.39, 0.29) is 0 Å². The predicted octanol–water partition coefficient (Wildman–Crippen LogP) is 3.25.